The summed E-state index contributed by atoms with van der Waals surface area (Å²) in [6.45, 7) is 2.01. The lowest BCUT2D eigenvalue weighted by Gasteiger charge is -2.37. The second-order valence-electron chi connectivity index (χ2n) is 7.68. The highest BCUT2D eigenvalue weighted by Gasteiger charge is 2.42. The van der Waals surface area contributed by atoms with Crippen LogP contribution >= 0.6 is 23.8 Å². The number of thiocarbonyl (C=S) groups is 1. The Hall–Kier alpha value is -1.78. The summed E-state index contributed by atoms with van der Waals surface area (Å²) in [6.07, 6.45) is 3.80. The summed E-state index contributed by atoms with van der Waals surface area (Å²) in [5.41, 5.74) is 1.35. The van der Waals surface area contributed by atoms with Gasteiger partial charge in [0.2, 0.25) is 0 Å². The number of carbonyl (C=O) groups excluding carboxylic acids is 1. The van der Waals surface area contributed by atoms with Gasteiger partial charge >= 0.3 is 0 Å². The molecule has 0 radical (unpaired) electrons. The number of hydrogen-bond acceptors (Lipinski definition) is 3. The first-order valence-corrected chi connectivity index (χ1v) is 10.3. The van der Waals surface area contributed by atoms with E-state index in [4.69, 9.17) is 28.6 Å². The van der Waals surface area contributed by atoms with E-state index in [-0.39, 0.29) is 17.5 Å². The summed E-state index contributed by atoms with van der Waals surface area (Å²) in [4.78, 5) is 14.2. The van der Waals surface area contributed by atoms with Crippen molar-refractivity contribution in [2.75, 3.05) is 7.11 Å². The largest absolute Gasteiger partial charge is 0.495 e. The highest BCUT2D eigenvalue weighted by Crippen LogP contribution is 2.42. The van der Waals surface area contributed by atoms with Crippen LogP contribution in [0.2, 0.25) is 5.02 Å². The van der Waals surface area contributed by atoms with Crippen LogP contribution in [0.4, 0.5) is 4.39 Å². The van der Waals surface area contributed by atoms with Crippen molar-refractivity contribution in [2.45, 2.75) is 44.4 Å². The first-order chi connectivity index (χ1) is 13.3. The minimum Gasteiger partial charge on any atom is -0.495 e. The van der Waals surface area contributed by atoms with E-state index in [1.54, 1.807) is 25.3 Å². The normalized spacial score (nSPS) is 22.1. The van der Waals surface area contributed by atoms with Crippen LogP contribution in [0, 0.1) is 11.7 Å². The maximum atomic E-state index is 13.4. The van der Waals surface area contributed by atoms with E-state index in [2.05, 4.69) is 0 Å². The van der Waals surface area contributed by atoms with E-state index in [1.807, 2.05) is 19.1 Å². The van der Waals surface area contributed by atoms with Crippen molar-refractivity contribution in [3.63, 3.8) is 0 Å². The second kappa shape index (κ2) is 8.71. The zero-order chi connectivity index (χ0) is 20.3. The van der Waals surface area contributed by atoms with Crippen molar-refractivity contribution in [2.24, 2.45) is 5.92 Å². The predicted octanol–water partition coefficient (Wildman–Crippen LogP) is 6.12. The molecule has 2 aromatic carbocycles. The van der Waals surface area contributed by atoms with Crippen molar-refractivity contribution in [1.82, 2.24) is 0 Å². The summed E-state index contributed by atoms with van der Waals surface area (Å²) in [7, 11) is 1.58. The molecule has 148 valence electrons. The van der Waals surface area contributed by atoms with Crippen molar-refractivity contribution in [3.8, 4) is 5.75 Å². The molecular formula is C23H24ClFO2S. The van der Waals surface area contributed by atoms with Crippen LogP contribution in [0.5, 0.6) is 5.75 Å². The molecule has 0 N–H and O–H groups in total. The van der Waals surface area contributed by atoms with Gasteiger partial charge < -0.3 is 4.74 Å². The molecule has 3 rings (SSSR count). The molecule has 0 saturated heterocycles. The molecule has 5 heteroatoms. The van der Waals surface area contributed by atoms with Gasteiger partial charge in [-0.05, 0) is 66.4 Å². The lowest BCUT2D eigenvalue weighted by atomic mass is 9.65. The fourth-order valence-corrected chi connectivity index (χ4v) is 4.63. The standard InChI is InChI=1S/C23H24ClFO2S/c1-23(17-7-10-20(24)21(14-17)27-2)11-3-4-16(22(23)26)13-19(28)12-15-5-8-18(25)9-6-15/h5-10,14,16H,3-4,11-13H2,1-2H3. The molecule has 28 heavy (non-hydrogen) atoms. The third-order valence-electron chi connectivity index (χ3n) is 5.72. The Labute approximate surface area is 176 Å². The zero-order valence-corrected chi connectivity index (χ0v) is 17.7. The molecular weight excluding hydrogens is 395 g/mol. The number of Topliss-reactive ketones (excluding diaryl/α,β-unsaturated/α-hetero) is 1. The minimum absolute atomic E-state index is 0.0895. The number of hydrogen-bond donors (Lipinski definition) is 0. The Kier molecular flexibility index (Phi) is 6.51. The molecule has 0 aliphatic heterocycles. The molecule has 0 bridgehead atoms. The van der Waals surface area contributed by atoms with Crippen LogP contribution in [0.3, 0.4) is 0 Å². The van der Waals surface area contributed by atoms with Crippen LogP contribution in [0.15, 0.2) is 42.5 Å². The van der Waals surface area contributed by atoms with Gasteiger partial charge in [-0.15, -0.1) is 0 Å². The number of ether oxygens (including phenoxy) is 1. The van der Waals surface area contributed by atoms with Crippen LogP contribution in [-0.2, 0) is 16.6 Å². The molecule has 1 fully saturated rings. The Balaban J connectivity index is 1.74. The van der Waals surface area contributed by atoms with E-state index in [0.29, 0.717) is 23.6 Å². The van der Waals surface area contributed by atoms with Crippen LogP contribution in [0.25, 0.3) is 0 Å². The van der Waals surface area contributed by atoms with E-state index in [9.17, 15) is 9.18 Å². The highest BCUT2D eigenvalue weighted by atomic mass is 35.5. The third kappa shape index (κ3) is 4.44. The van der Waals surface area contributed by atoms with Gasteiger partial charge in [0.1, 0.15) is 17.3 Å². The van der Waals surface area contributed by atoms with Crippen LogP contribution < -0.4 is 4.74 Å². The predicted molar refractivity (Wildman–Crippen MR) is 115 cm³/mol. The quantitative estimate of drug-likeness (QED) is 0.529. The van der Waals surface area contributed by atoms with Gasteiger partial charge in [-0.1, -0.05) is 48.4 Å². The second-order valence-corrected chi connectivity index (χ2v) is 8.67. The average Bonchev–Trinajstić information content (AvgIpc) is 2.67. The molecule has 2 unspecified atom stereocenters. The Morgan fingerprint density at radius 2 is 2.00 bits per heavy atom. The lowest BCUT2D eigenvalue weighted by Crippen LogP contribution is -2.41. The summed E-state index contributed by atoms with van der Waals surface area (Å²) >= 11 is 11.7. The van der Waals surface area contributed by atoms with E-state index >= 15 is 0 Å². The van der Waals surface area contributed by atoms with E-state index in [0.717, 1.165) is 35.3 Å². The van der Waals surface area contributed by atoms with Crippen LogP contribution in [-0.4, -0.2) is 17.8 Å². The average molecular weight is 419 g/mol. The molecule has 0 heterocycles. The van der Waals surface area contributed by atoms with Gasteiger partial charge in [0.05, 0.1) is 17.5 Å². The summed E-state index contributed by atoms with van der Waals surface area (Å²) in [5, 5.41) is 0.537. The van der Waals surface area contributed by atoms with Gasteiger partial charge in [-0.3, -0.25) is 4.79 Å². The number of halogens is 2. The highest BCUT2D eigenvalue weighted by molar-refractivity contribution is 7.80. The van der Waals surface area contributed by atoms with E-state index < -0.39 is 5.41 Å². The molecule has 1 aliphatic rings. The molecule has 1 aliphatic carbocycles. The molecule has 0 spiro atoms. The first-order valence-electron chi connectivity index (χ1n) is 9.48. The third-order valence-corrected chi connectivity index (χ3v) is 6.34. The van der Waals surface area contributed by atoms with Crippen LogP contribution in [0.1, 0.15) is 43.7 Å². The Morgan fingerprint density at radius 3 is 2.68 bits per heavy atom. The fourth-order valence-electron chi connectivity index (χ4n) is 4.07. The fraction of sp³-hybridized carbons (Fsp3) is 0.391. The lowest BCUT2D eigenvalue weighted by molar-refractivity contribution is -0.130. The summed E-state index contributed by atoms with van der Waals surface area (Å²) < 4.78 is 18.4. The minimum atomic E-state index is -0.563. The first kappa shape index (κ1) is 20.9. The molecule has 0 amide bonds. The molecule has 2 nitrogen and oxygen atoms in total. The maximum absolute atomic E-state index is 13.4. The number of rotatable bonds is 6. The van der Waals surface area contributed by atoms with Gasteiger partial charge in [0, 0.05) is 12.3 Å². The van der Waals surface area contributed by atoms with Crippen molar-refractivity contribution in [1.29, 1.82) is 0 Å². The number of ketones is 1. The zero-order valence-electron chi connectivity index (χ0n) is 16.1. The van der Waals surface area contributed by atoms with Gasteiger partial charge in [0.15, 0.2) is 0 Å². The number of carbonyl (C=O) groups is 1. The monoisotopic (exact) mass is 418 g/mol. The van der Waals surface area contributed by atoms with E-state index in [1.165, 1.54) is 12.1 Å². The molecule has 1 saturated carbocycles. The Morgan fingerprint density at radius 1 is 1.29 bits per heavy atom. The van der Waals surface area contributed by atoms with Gasteiger partial charge in [0.25, 0.3) is 0 Å². The molecule has 0 aromatic heterocycles. The summed E-state index contributed by atoms with van der Waals surface area (Å²) in [5.74, 6) is 0.464. The topological polar surface area (TPSA) is 26.3 Å². The molecule has 2 aromatic rings. The number of benzene rings is 2. The summed E-state index contributed by atoms with van der Waals surface area (Å²) in [6, 6.07) is 11.9. The smallest absolute Gasteiger partial charge is 0.146 e. The Bertz CT molecular complexity index is 881. The van der Waals surface area contributed by atoms with Crippen molar-refractivity contribution in [3.05, 3.63) is 64.4 Å². The van der Waals surface area contributed by atoms with Crippen molar-refractivity contribution >= 4 is 34.5 Å². The SMILES string of the molecule is COc1cc(C2(C)CCCC(CC(=S)Cc3ccc(F)cc3)C2=O)ccc1Cl. The maximum Gasteiger partial charge on any atom is 0.146 e. The molecule has 2 atom stereocenters. The van der Waals surface area contributed by atoms with Gasteiger partial charge in [-0.2, -0.15) is 0 Å². The number of methoxy groups -OCH3 is 1. The van der Waals surface area contributed by atoms with Gasteiger partial charge in [-0.25, -0.2) is 4.39 Å². The van der Waals surface area contributed by atoms with Crippen molar-refractivity contribution < 1.29 is 13.9 Å².